The number of unbranched alkanes of at least 4 members (excludes halogenated alkanes) is 4. The molecule has 0 spiro atoms. The van der Waals surface area contributed by atoms with Crippen molar-refractivity contribution < 1.29 is 0 Å². The van der Waals surface area contributed by atoms with Crippen LogP contribution in [-0.4, -0.2) is 29.5 Å². The Hall–Kier alpha value is -2.48. The van der Waals surface area contributed by atoms with Gasteiger partial charge in [0.25, 0.3) is 11.5 Å². The topological polar surface area (TPSA) is 81.4 Å². The first-order valence-corrected chi connectivity index (χ1v) is 10.9. The molecule has 0 bridgehead atoms. The third-order valence-corrected chi connectivity index (χ3v) is 5.97. The first kappa shape index (κ1) is 19.8. The summed E-state index contributed by atoms with van der Waals surface area (Å²) < 4.78 is 4.37. The van der Waals surface area contributed by atoms with Crippen LogP contribution in [0.4, 0.5) is 0 Å². The van der Waals surface area contributed by atoms with Crippen molar-refractivity contribution in [1.29, 1.82) is 0 Å². The van der Waals surface area contributed by atoms with Crippen LogP contribution in [0.2, 0.25) is 0 Å². The van der Waals surface area contributed by atoms with Gasteiger partial charge < -0.3 is 4.57 Å². The number of rotatable bonds is 7. The molecule has 0 amide bonds. The average Bonchev–Trinajstić information content (AvgIpc) is 3.15. The summed E-state index contributed by atoms with van der Waals surface area (Å²) in [4.78, 5) is 17.6. The van der Waals surface area contributed by atoms with Crippen molar-refractivity contribution >= 4 is 38.0 Å². The molecule has 0 aliphatic heterocycles. The zero-order valence-electron chi connectivity index (χ0n) is 17.0. The fraction of sp³-hybridized carbons (Fsp3) is 0.429. The SMILES string of the molecule is CCCCCCCc1c(C)[nH]n(-c2nnc3c4cc(Br)ccc4n(C)c3n2)c1=O. The second-order valence-corrected chi connectivity index (χ2v) is 8.44. The lowest BCUT2D eigenvalue weighted by molar-refractivity contribution is 0.630. The Kier molecular flexibility index (Phi) is 5.54. The lowest BCUT2D eigenvalue weighted by Gasteiger charge is -2.00. The van der Waals surface area contributed by atoms with Gasteiger partial charge in [0.05, 0.1) is 5.52 Å². The van der Waals surface area contributed by atoms with Crippen LogP contribution in [-0.2, 0) is 13.5 Å². The molecule has 0 radical (unpaired) electrons. The molecule has 29 heavy (non-hydrogen) atoms. The molecule has 0 aliphatic rings. The van der Waals surface area contributed by atoms with E-state index < -0.39 is 0 Å². The van der Waals surface area contributed by atoms with Crippen molar-refractivity contribution in [2.75, 3.05) is 0 Å². The molecule has 0 fully saturated rings. The van der Waals surface area contributed by atoms with E-state index in [9.17, 15) is 4.79 Å². The predicted molar refractivity (Wildman–Crippen MR) is 119 cm³/mol. The van der Waals surface area contributed by atoms with Crippen molar-refractivity contribution in [3.05, 3.63) is 44.3 Å². The molecule has 4 aromatic rings. The van der Waals surface area contributed by atoms with Gasteiger partial charge >= 0.3 is 0 Å². The molecule has 7 nitrogen and oxygen atoms in total. The van der Waals surface area contributed by atoms with E-state index in [2.05, 4.69) is 43.1 Å². The lowest BCUT2D eigenvalue weighted by Crippen LogP contribution is -2.20. The Bertz CT molecular complexity index is 1240. The van der Waals surface area contributed by atoms with Gasteiger partial charge in [0.2, 0.25) is 0 Å². The molecule has 1 N–H and O–H groups in total. The van der Waals surface area contributed by atoms with Crippen LogP contribution in [0.5, 0.6) is 0 Å². The monoisotopic (exact) mass is 456 g/mol. The van der Waals surface area contributed by atoms with Crippen LogP contribution in [0.3, 0.4) is 0 Å². The summed E-state index contributed by atoms with van der Waals surface area (Å²) in [5.74, 6) is 0.271. The van der Waals surface area contributed by atoms with Crippen LogP contribution in [0.1, 0.15) is 50.3 Å². The standard InChI is InChI=1S/C21H25BrN6O/c1-4-5-6-7-8-9-15-13(2)26-28(20(15)29)21-23-19-18(24-25-21)16-12-14(22)10-11-17(16)27(19)3/h10-12,26H,4-9H2,1-3H3. The van der Waals surface area contributed by atoms with Crippen molar-refractivity contribution in [3.8, 4) is 5.95 Å². The van der Waals surface area contributed by atoms with Gasteiger partial charge in [0.15, 0.2) is 5.65 Å². The first-order chi connectivity index (χ1) is 14.0. The molecule has 152 valence electrons. The number of hydrogen-bond acceptors (Lipinski definition) is 4. The van der Waals surface area contributed by atoms with Gasteiger partial charge in [0.1, 0.15) is 5.52 Å². The Morgan fingerprint density at radius 3 is 2.72 bits per heavy atom. The maximum atomic E-state index is 13.0. The number of nitrogens with zero attached hydrogens (tertiary/aromatic N) is 5. The van der Waals surface area contributed by atoms with E-state index >= 15 is 0 Å². The molecule has 1 aromatic carbocycles. The molecule has 0 atom stereocenters. The minimum Gasteiger partial charge on any atom is -0.327 e. The molecule has 4 rings (SSSR count). The largest absolute Gasteiger partial charge is 0.327 e. The molecule has 0 saturated carbocycles. The van der Waals surface area contributed by atoms with Crippen molar-refractivity contribution in [3.63, 3.8) is 0 Å². The zero-order chi connectivity index (χ0) is 20.5. The highest BCUT2D eigenvalue weighted by molar-refractivity contribution is 9.10. The summed E-state index contributed by atoms with van der Waals surface area (Å²) in [6.07, 6.45) is 6.62. The molecule has 0 aliphatic carbocycles. The minimum atomic E-state index is -0.0827. The van der Waals surface area contributed by atoms with Crippen molar-refractivity contribution in [2.45, 2.75) is 52.4 Å². The highest BCUT2D eigenvalue weighted by Crippen LogP contribution is 2.27. The molecular formula is C21H25BrN6O. The number of fused-ring (bicyclic) bond motifs is 3. The Balaban J connectivity index is 1.70. The summed E-state index contributed by atoms with van der Waals surface area (Å²) in [6.45, 7) is 4.13. The lowest BCUT2D eigenvalue weighted by atomic mass is 10.1. The van der Waals surface area contributed by atoms with E-state index in [4.69, 9.17) is 0 Å². The molecule has 3 aromatic heterocycles. The van der Waals surface area contributed by atoms with E-state index in [1.807, 2.05) is 36.7 Å². The number of nitrogens with one attached hydrogen (secondary N) is 1. The van der Waals surface area contributed by atoms with E-state index in [0.717, 1.165) is 51.4 Å². The van der Waals surface area contributed by atoms with Gasteiger partial charge in [-0.2, -0.15) is 9.67 Å². The quantitative estimate of drug-likeness (QED) is 0.412. The fourth-order valence-corrected chi connectivity index (χ4v) is 4.20. The summed E-state index contributed by atoms with van der Waals surface area (Å²) in [5, 5.41) is 12.7. The Morgan fingerprint density at radius 1 is 1.14 bits per heavy atom. The van der Waals surface area contributed by atoms with Crippen LogP contribution in [0.15, 0.2) is 27.5 Å². The first-order valence-electron chi connectivity index (χ1n) is 10.1. The maximum Gasteiger partial charge on any atom is 0.277 e. The number of aryl methyl sites for hydroxylation is 2. The number of benzene rings is 1. The predicted octanol–water partition coefficient (Wildman–Crippen LogP) is 4.58. The van der Waals surface area contributed by atoms with Gasteiger partial charge in [-0.1, -0.05) is 48.5 Å². The highest BCUT2D eigenvalue weighted by Gasteiger charge is 2.17. The second kappa shape index (κ2) is 8.10. The van der Waals surface area contributed by atoms with E-state index in [-0.39, 0.29) is 11.5 Å². The van der Waals surface area contributed by atoms with Crippen LogP contribution >= 0.6 is 15.9 Å². The normalized spacial score (nSPS) is 11.7. The smallest absolute Gasteiger partial charge is 0.277 e. The second-order valence-electron chi connectivity index (χ2n) is 7.52. The molecule has 3 heterocycles. The van der Waals surface area contributed by atoms with Gasteiger partial charge in [-0.25, -0.2) is 0 Å². The van der Waals surface area contributed by atoms with Gasteiger partial charge in [0, 0.05) is 28.2 Å². The van der Waals surface area contributed by atoms with Gasteiger partial charge in [-0.15, -0.1) is 10.2 Å². The van der Waals surface area contributed by atoms with Crippen LogP contribution < -0.4 is 5.56 Å². The number of aromatic nitrogens is 6. The van der Waals surface area contributed by atoms with Crippen LogP contribution in [0.25, 0.3) is 28.0 Å². The average molecular weight is 457 g/mol. The van der Waals surface area contributed by atoms with E-state index in [1.165, 1.54) is 23.9 Å². The number of hydrogen-bond donors (Lipinski definition) is 1. The third-order valence-electron chi connectivity index (χ3n) is 5.47. The van der Waals surface area contributed by atoms with Crippen LogP contribution in [0, 0.1) is 6.92 Å². The van der Waals surface area contributed by atoms with Crippen molar-refractivity contribution in [1.82, 2.24) is 29.5 Å². The third kappa shape index (κ3) is 3.61. The Labute approximate surface area is 177 Å². The summed E-state index contributed by atoms with van der Waals surface area (Å²) in [5.41, 5.74) is 4.04. The van der Waals surface area contributed by atoms with E-state index in [0.29, 0.717) is 5.65 Å². The Morgan fingerprint density at radius 2 is 1.93 bits per heavy atom. The summed E-state index contributed by atoms with van der Waals surface area (Å²) in [7, 11) is 1.95. The zero-order valence-corrected chi connectivity index (χ0v) is 18.6. The fourth-order valence-electron chi connectivity index (χ4n) is 3.84. The molecule has 0 saturated heterocycles. The highest BCUT2D eigenvalue weighted by atomic mass is 79.9. The van der Waals surface area contributed by atoms with Gasteiger partial charge in [-0.05, 0) is 38.0 Å². The molecular weight excluding hydrogens is 432 g/mol. The molecule has 8 heteroatoms. The molecule has 0 unspecified atom stereocenters. The maximum absolute atomic E-state index is 13.0. The van der Waals surface area contributed by atoms with Crippen molar-refractivity contribution in [2.24, 2.45) is 7.05 Å². The number of halogens is 1. The van der Waals surface area contributed by atoms with E-state index in [1.54, 1.807) is 0 Å². The summed E-state index contributed by atoms with van der Waals surface area (Å²) in [6, 6.07) is 6.01. The summed E-state index contributed by atoms with van der Waals surface area (Å²) >= 11 is 3.50. The van der Waals surface area contributed by atoms with Gasteiger partial charge in [-0.3, -0.25) is 9.89 Å². The number of H-pyrrole nitrogens is 1. The minimum absolute atomic E-state index is 0.0827. The number of aromatic amines is 1.